The van der Waals surface area contributed by atoms with Crippen LogP contribution in [0.25, 0.3) is 17.2 Å². The van der Waals surface area contributed by atoms with Crippen LogP contribution < -0.4 is 14.3 Å². The van der Waals surface area contributed by atoms with E-state index in [4.69, 9.17) is 30.6 Å². The largest absolute Gasteiger partial charge is 0.493 e. The van der Waals surface area contributed by atoms with Crippen LogP contribution in [-0.4, -0.2) is 77.6 Å². The van der Waals surface area contributed by atoms with Crippen molar-refractivity contribution in [2.45, 2.75) is 6.10 Å². The number of aromatic nitrogens is 4. The van der Waals surface area contributed by atoms with Gasteiger partial charge < -0.3 is 23.9 Å². The first-order valence-electron chi connectivity index (χ1n) is 9.89. The molecule has 1 aliphatic heterocycles. The van der Waals surface area contributed by atoms with Crippen LogP contribution in [0.15, 0.2) is 36.5 Å². The van der Waals surface area contributed by atoms with Crippen molar-refractivity contribution in [2.24, 2.45) is 0 Å². The molecule has 1 amide bonds. The second-order valence-corrected chi connectivity index (χ2v) is 7.30. The van der Waals surface area contributed by atoms with Crippen LogP contribution >= 0.6 is 11.6 Å². The number of carbonyl (C=O) groups is 1. The number of hydrogen-bond acceptors (Lipinski definition) is 8. The lowest BCUT2D eigenvalue weighted by Gasteiger charge is -2.31. The average Bonchev–Trinajstić information content (AvgIpc) is 3.25. The lowest BCUT2D eigenvalue weighted by molar-refractivity contribution is -0.136. The Hall–Kier alpha value is -3.37. The molecule has 0 aliphatic carbocycles. The fourth-order valence-corrected chi connectivity index (χ4v) is 3.60. The Labute approximate surface area is 189 Å². The summed E-state index contributed by atoms with van der Waals surface area (Å²) in [6.45, 7) is 1.46. The molecule has 1 saturated heterocycles. The molecule has 4 rings (SSSR count). The van der Waals surface area contributed by atoms with Gasteiger partial charge in [0.05, 0.1) is 32.4 Å². The van der Waals surface area contributed by atoms with E-state index in [2.05, 4.69) is 15.3 Å². The minimum Gasteiger partial charge on any atom is -0.493 e. The van der Waals surface area contributed by atoms with Crippen molar-refractivity contribution in [1.82, 2.24) is 25.0 Å². The maximum atomic E-state index is 12.7. The first-order valence-corrected chi connectivity index (χ1v) is 10.3. The number of methoxy groups -OCH3 is 2. The second kappa shape index (κ2) is 9.84. The number of ether oxygens (including phenoxy) is 3. The molecule has 11 heteroatoms. The molecule has 10 nitrogen and oxygen atoms in total. The van der Waals surface area contributed by atoms with Crippen molar-refractivity contribution >= 4 is 34.7 Å². The van der Waals surface area contributed by atoms with Crippen molar-refractivity contribution in [3.8, 4) is 11.5 Å². The minimum absolute atomic E-state index is 0.156. The predicted octanol–water partition coefficient (Wildman–Crippen LogP) is 1.87. The summed E-state index contributed by atoms with van der Waals surface area (Å²) in [6.07, 6.45) is 4.46. The smallest absolute Gasteiger partial charge is 0.246 e. The van der Waals surface area contributed by atoms with E-state index in [0.717, 1.165) is 0 Å². The number of amides is 1. The number of morpholine rings is 1. The Morgan fingerprint density at radius 2 is 2.19 bits per heavy atom. The lowest BCUT2D eigenvalue weighted by atomic mass is 10.1. The molecule has 2 aromatic heterocycles. The molecule has 3 heterocycles. The molecule has 1 fully saturated rings. The molecule has 1 unspecified atom stereocenters. The van der Waals surface area contributed by atoms with Crippen LogP contribution in [0.3, 0.4) is 0 Å². The van der Waals surface area contributed by atoms with Crippen molar-refractivity contribution in [1.29, 1.82) is 0 Å². The van der Waals surface area contributed by atoms with Gasteiger partial charge in [0.2, 0.25) is 11.6 Å². The average molecular weight is 460 g/mol. The summed E-state index contributed by atoms with van der Waals surface area (Å²) >= 11 is 6.38. The molecular formula is C21H22ClN5O5. The molecule has 0 saturated carbocycles. The highest BCUT2D eigenvalue weighted by Crippen LogP contribution is 2.37. The fourth-order valence-electron chi connectivity index (χ4n) is 3.31. The Morgan fingerprint density at radius 3 is 3.00 bits per heavy atom. The normalized spacial score (nSPS) is 16.5. The number of hydrogen-bond donors (Lipinski definition) is 0. The van der Waals surface area contributed by atoms with Gasteiger partial charge in [0.25, 0.3) is 0 Å². The fraction of sp³-hybridized carbons (Fsp3) is 0.333. The SMILES string of the molecule is COc1ccc(C=CC(=O)N2CCOC(COn3nnc4cccnc43)C2)c(Cl)c1OC. The van der Waals surface area contributed by atoms with Gasteiger partial charge in [-0.05, 0) is 41.1 Å². The number of pyridine rings is 1. The number of halogens is 1. The summed E-state index contributed by atoms with van der Waals surface area (Å²) in [5.41, 5.74) is 1.80. The van der Waals surface area contributed by atoms with Crippen molar-refractivity contribution in [2.75, 3.05) is 40.5 Å². The standard InChI is InChI=1S/C21H22ClN5O5/c1-29-17-7-5-14(19(22)20(17)30-2)6-8-18(28)26-10-11-31-15(12-26)13-32-27-21-16(24-25-27)4-3-9-23-21/h3-9,15H,10-13H2,1-2H3. The highest BCUT2D eigenvalue weighted by molar-refractivity contribution is 6.33. The summed E-state index contributed by atoms with van der Waals surface area (Å²) in [6, 6.07) is 7.07. The van der Waals surface area contributed by atoms with Crippen molar-refractivity contribution < 1.29 is 23.8 Å². The van der Waals surface area contributed by atoms with E-state index in [1.807, 2.05) is 0 Å². The van der Waals surface area contributed by atoms with E-state index in [0.29, 0.717) is 52.9 Å². The molecule has 3 aromatic rings. The number of nitrogens with zero attached hydrogens (tertiary/aromatic N) is 5. The molecular weight excluding hydrogens is 438 g/mol. The van der Waals surface area contributed by atoms with Gasteiger partial charge in [-0.3, -0.25) is 4.79 Å². The Kier molecular flexibility index (Phi) is 6.72. The quantitative estimate of drug-likeness (QED) is 0.493. The van der Waals surface area contributed by atoms with E-state index in [-0.39, 0.29) is 18.6 Å². The van der Waals surface area contributed by atoms with Crippen LogP contribution in [0.2, 0.25) is 5.02 Å². The molecule has 168 valence electrons. The number of rotatable bonds is 7. The highest BCUT2D eigenvalue weighted by Gasteiger charge is 2.24. The van der Waals surface area contributed by atoms with Gasteiger partial charge in [0.15, 0.2) is 11.5 Å². The zero-order valence-corrected chi connectivity index (χ0v) is 18.4. The van der Waals surface area contributed by atoms with Crippen LogP contribution in [0.5, 0.6) is 11.5 Å². The van der Waals surface area contributed by atoms with Crippen molar-refractivity contribution in [3.63, 3.8) is 0 Å². The van der Waals surface area contributed by atoms with Crippen LogP contribution in [0, 0.1) is 0 Å². The summed E-state index contributed by atoms with van der Waals surface area (Å²) in [5.74, 6) is 0.784. The van der Waals surface area contributed by atoms with Crippen LogP contribution in [-0.2, 0) is 9.53 Å². The molecule has 1 aliphatic rings. The summed E-state index contributed by atoms with van der Waals surface area (Å²) < 4.78 is 16.3. The van der Waals surface area contributed by atoms with E-state index >= 15 is 0 Å². The van der Waals surface area contributed by atoms with Crippen LogP contribution in [0.1, 0.15) is 5.56 Å². The summed E-state index contributed by atoms with van der Waals surface area (Å²) in [5, 5.41) is 8.30. The minimum atomic E-state index is -0.311. The van der Waals surface area contributed by atoms with Gasteiger partial charge in [0, 0.05) is 18.8 Å². The molecule has 0 spiro atoms. The predicted molar refractivity (Wildman–Crippen MR) is 117 cm³/mol. The van der Waals surface area contributed by atoms with Gasteiger partial charge in [-0.25, -0.2) is 4.98 Å². The number of fused-ring (bicyclic) bond motifs is 1. The monoisotopic (exact) mass is 459 g/mol. The van der Waals surface area contributed by atoms with E-state index in [9.17, 15) is 4.79 Å². The Morgan fingerprint density at radius 1 is 1.31 bits per heavy atom. The third-order valence-electron chi connectivity index (χ3n) is 4.93. The maximum absolute atomic E-state index is 12.7. The molecule has 0 bridgehead atoms. The zero-order chi connectivity index (χ0) is 22.5. The van der Waals surface area contributed by atoms with Gasteiger partial charge in [-0.15, -0.1) is 5.10 Å². The second-order valence-electron chi connectivity index (χ2n) is 6.92. The first kappa shape index (κ1) is 21.8. The van der Waals surface area contributed by atoms with Gasteiger partial charge in [-0.1, -0.05) is 16.4 Å². The molecule has 32 heavy (non-hydrogen) atoms. The molecule has 0 radical (unpaired) electrons. The number of benzene rings is 1. The molecule has 1 aromatic carbocycles. The third-order valence-corrected chi connectivity index (χ3v) is 5.32. The highest BCUT2D eigenvalue weighted by atomic mass is 35.5. The molecule has 0 N–H and O–H groups in total. The van der Waals surface area contributed by atoms with E-state index in [1.54, 1.807) is 41.4 Å². The Balaban J connectivity index is 1.37. The van der Waals surface area contributed by atoms with Gasteiger partial charge >= 0.3 is 0 Å². The Bertz CT molecular complexity index is 1130. The number of carbonyl (C=O) groups excluding carboxylic acids is 1. The van der Waals surface area contributed by atoms with E-state index < -0.39 is 0 Å². The molecule has 1 atom stereocenters. The van der Waals surface area contributed by atoms with Gasteiger partial charge in [-0.2, -0.15) is 0 Å². The topological polar surface area (TPSA) is 101 Å². The van der Waals surface area contributed by atoms with E-state index in [1.165, 1.54) is 25.1 Å². The van der Waals surface area contributed by atoms with Gasteiger partial charge in [0.1, 0.15) is 18.2 Å². The lowest BCUT2D eigenvalue weighted by Crippen LogP contribution is -2.47. The summed E-state index contributed by atoms with van der Waals surface area (Å²) in [7, 11) is 3.05. The van der Waals surface area contributed by atoms with Crippen LogP contribution in [0.4, 0.5) is 0 Å². The maximum Gasteiger partial charge on any atom is 0.246 e. The summed E-state index contributed by atoms with van der Waals surface area (Å²) in [4.78, 5) is 25.6. The van der Waals surface area contributed by atoms with Crippen molar-refractivity contribution in [3.05, 3.63) is 47.1 Å². The first-order chi connectivity index (χ1) is 15.6. The zero-order valence-electron chi connectivity index (χ0n) is 17.6. The third kappa shape index (κ3) is 4.61.